The minimum absolute atomic E-state index is 0.0393. The van der Waals surface area contributed by atoms with Crippen molar-refractivity contribution < 1.29 is 14.3 Å². The van der Waals surface area contributed by atoms with E-state index in [1.54, 1.807) is 4.90 Å². The van der Waals surface area contributed by atoms with Crippen molar-refractivity contribution in [3.05, 3.63) is 12.7 Å². The molecule has 0 aromatic heterocycles. The fourth-order valence-electron chi connectivity index (χ4n) is 1.77. The first-order chi connectivity index (χ1) is 7.13. The van der Waals surface area contributed by atoms with Crippen molar-refractivity contribution in [3.63, 3.8) is 0 Å². The predicted molar refractivity (Wildman–Crippen MR) is 56.1 cm³/mol. The zero-order valence-electron chi connectivity index (χ0n) is 9.07. The topological polar surface area (TPSA) is 46.6 Å². The van der Waals surface area contributed by atoms with Gasteiger partial charge < -0.3 is 9.64 Å². The van der Waals surface area contributed by atoms with Gasteiger partial charge in [0.1, 0.15) is 0 Å². The van der Waals surface area contributed by atoms with Crippen molar-refractivity contribution in [1.29, 1.82) is 0 Å². The second kappa shape index (κ2) is 5.53. The Kier molecular flexibility index (Phi) is 4.34. The number of carbonyl (C=O) groups is 2. The number of esters is 1. The van der Waals surface area contributed by atoms with Crippen molar-refractivity contribution in [3.8, 4) is 0 Å². The van der Waals surface area contributed by atoms with Crippen LogP contribution in [0.3, 0.4) is 0 Å². The van der Waals surface area contributed by atoms with E-state index >= 15 is 0 Å². The Morgan fingerprint density at radius 3 is 2.93 bits per heavy atom. The van der Waals surface area contributed by atoms with E-state index in [9.17, 15) is 9.59 Å². The van der Waals surface area contributed by atoms with Crippen LogP contribution in [0.2, 0.25) is 0 Å². The van der Waals surface area contributed by atoms with Crippen LogP contribution in [0.1, 0.15) is 19.8 Å². The molecule has 0 aromatic carbocycles. The Labute approximate surface area is 89.9 Å². The summed E-state index contributed by atoms with van der Waals surface area (Å²) in [5, 5.41) is 0. The molecule has 0 bridgehead atoms. The normalized spacial score (nSPS) is 20.9. The highest BCUT2D eigenvalue weighted by atomic mass is 16.5. The number of ether oxygens (including phenoxy) is 1. The molecule has 1 fully saturated rings. The van der Waals surface area contributed by atoms with Crippen molar-refractivity contribution >= 4 is 11.9 Å². The minimum atomic E-state index is -0.262. The largest absolute Gasteiger partial charge is 0.466 e. The molecule has 1 heterocycles. The van der Waals surface area contributed by atoms with Crippen LogP contribution < -0.4 is 0 Å². The summed E-state index contributed by atoms with van der Waals surface area (Å²) in [7, 11) is 0. The molecular formula is C11H17NO3. The third-order valence-electron chi connectivity index (χ3n) is 2.53. The van der Waals surface area contributed by atoms with E-state index in [1.165, 1.54) is 13.0 Å². The summed E-state index contributed by atoms with van der Waals surface area (Å²) in [5.41, 5.74) is 0. The van der Waals surface area contributed by atoms with E-state index in [4.69, 9.17) is 4.74 Å². The molecule has 1 atom stereocenters. The third kappa shape index (κ3) is 3.73. The molecule has 1 aliphatic heterocycles. The Hall–Kier alpha value is -1.32. The Balaban J connectivity index is 2.38. The summed E-state index contributed by atoms with van der Waals surface area (Å²) in [6, 6.07) is 0. The number of hydrogen-bond donors (Lipinski definition) is 0. The number of amides is 1. The average molecular weight is 211 g/mol. The highest BCUT2D eigenvalue weighted by molar-refractivity contribution is 5.87. The van der Waals surface area contributed by atoms with E-state index in [0.717, 1.165) is 19.4 Å². The van der Waals surface area contributed by atoms with Crippen molar-refractivity contribution in [1.82, 2.24) is 4.90 Å². The molecule has 1 aliphatic rings. The van der Waals surface area contributed by atoms with Gasteiger partial charge in [0.25, 0.3) is 0 Å². The summed E-state index contributed by atoms with van der Waals surface area (Å²) >= 11 is 0. The fourth-order valence-corrected chi connectivity index (χ4v) is 1.77. The maximum absolute atomic E-state index is 11.4. The first-order valence-corrected chi connectivity index (χ1v) is 5.18. The second-order valence-corrected chi connectivity index (χ2v) is 3.80. The fraction of sp³-hybridized carbons (Fsp3) is 0.636. The first-order valence-electron chi connectivity index (χ1n) is 5.18. The minimum Gasteiger partial charge on any atom is -0.466 e. The van der Waals surface area contributed by atoms with Crippen LogP contribution in [0.5, 0.6) is 0 Å². The summed E-state index contributed by atoms with van der Waals surface area (Å²) < 4.78 is 4.94. The summed E-state index contributed by atoms with van der Waals surface area (Å²) in [4.78, 5) is 23.7. The van der Waals surface area contributed by atoms with Crippen LogP contribution in [0.15, 0.2) is 12.7 Å². The Morgan fingerprint density at radius 1 is 1.60 bits per heavy atom. The standard InChI is InChI=1S/C11H17NO3/c1-3-11(14)12-6-4-5-10(7-12)8-15-9(2)13/h3,10H,1,4-8H2,2H3. The highest BCUT2D eigenvalue weighted by Crippen LogP contribution is 2.16. The molecule has 1 amide bonds. The van der Waals surface area contributed by atoms with E-state index < -0.39 is 0 Å². The highest BCUT2D eigenvalue weighted by Gasteiger charge is 2.22. The number of nitrogens with zero attached hydrogens (tertiary/aromatic N) is 1. The van der Waals surface area contributed by atoms with Crippen LogP contribution in [-0.4, -0.2) is 36.5 Å². The molecule has 0 spiro atoms. The van der Waals surface area contributed by atoms with Crippen LogP contribution in [0.25, 0.3) is 0 Å². The van der Waals surface area contributed by atoms with Gasteiger partial charge >= 0.3 is 5.97 Å². The van der Waals surface area contributed by atoms with E-state index in [2.05, 4.69) is 6.58 Å². The van der Waals surface area contributed by atoms with Crippen LogP contribution in [0.4, 0.5) is 0 Å². The van der Waals surface area contributed by atoms with Gasteiger partial charge in [-0.2, -0.15) is 0 Å². The van der Waals surface area contributed by atoms with Gasteiger partial charge in [-0.25, -0.2) is 0 Å². The van der Waals surface area contributed by atoms with Crippen LogP contribution >= 0.6 is 0 Å². The van der Waals surface area contributed by atoms with Crippen molar-refractivity contribution in [2.45, 2.75) is 19.8 Å². The second-order valence-electron chi connectivity index (χ2n) is 3.80. The van der Waals surface area contributed by atoms with Crippen LogP contribution in [-0.2, 0) is 14.3 Å². The van der Waals surface area contributed by atoms with Crippen molar-refractivity contribution in [2.24, 2.45) is 5.92 Å². The molecule has 15 heavy (non-hydrogen) atoms. The van der Waals surface area contributed by atoms with Gasteiger partial charge in [0.2, 0.25) is 5.91 Å². The molecule has 0 aliphatic carbocycles. The Morgan fingerprint density at radius 2 is 2.33 bits per heavy atom. The number of rotatable bonds is 3. The predicted octanol–water partition coefficient (Wildman–Crippen LogP) is 0.974. The maximum atomic E-state index is 11.4. The number of likely N-dealkylation sites (tertiary alicyclic amines) is 1. The molecule has 84 valence electrons. The zero-order valence-corrected chi connectivity index (χ0v) is 9.07. The van der Waals surface area contributed by atoms with E-state index in [0.29, 0.717) is 13.2 Å². The number of carbonyl (C=O) groups excluding carboxylic acids is 2. The molecule has 0 aromatic rings. The SMILES string of the molecule is C=CC(=O)N1CCCC(COC(C)=O)C1. The van der Waals surface area contributed by atoms with Crippen LogP contribution in [0, 0.1) is 5.92 Å². The number of hydrogen-bond acceptors (Lipinski definition) is 3. The molecule has 0 radical (unpaired) electrons. The molecule has 0 saturated carbocycles. The first kappa shape index (κ1) is 11.8. The quantitative estimate of drug-likeness (QED) is 0.516. The van der Waals surface area contributed by atoms with E-state index in [-0.39, 0.29) is 17.8 Å². The number of piperidine rings is 1. The third-order valence-corrected chi connectivity index (χ3v) is 2.53. The molecule has 0 N–H and O–H groups in total. The van der Waals surface area contributed by atoms with E-state index in [1.807, 2.05) is 0 Å². The van der Waals surface area contributed by atoms with Gasteiger partial charge in [-0.3, -0.25) is 9.59 Å². The lowest BCUT2D eigenvalue weighted by atomic mass is 9.99. The monoisotopic (exact) mass is 211 g/mol. The summed E-state index contributed by atoms with van der Waals surface area (Å²) in [5.74, 6) is -0.0313. The summed E-state index contributed by atoms with van der Waals surface area (Å²) in [6.07, 6.45) is 3.30. The lowest BCUT2D eigenvalue weighted by molar-refractivity contribution is -0.143. The lowest BCUT2D eigenvalue weighted by Gasteiger charge is -2.31. The Bertz CT molecular complexity index is 263. The van der Waals surface area contributed by atoms with Gasteiger partial charge in [0, 0.05) is 25.9 Å². The van der Waals surface area contributed by atoms with Gasteiger partial charge in [0.05, 0.1) is 6.61 Å². The van der Waals surface area contributed by atoms with Gasteiger partial charge in [-0.15, -0.1) is 0 Å². The maximum Gasteiger partial charge on any atom is 0.302 e. The molecule has 4 heteroatoms. The van der Waals surface area contributed by atoms with Gasteiger partial charge in [-0.1, -0.05) is 6.58 Å². The van der Waals surface area contributed by atoms with Gasteiger partial charge in [-0.05, 0) is 18.9 Å². The molecule has 1 unspecified atom stereocenters. The van der Waals surface area contributed by atoms with Crippen molar-refractivity contribution in [2.75, 3.05) is 19.7 Å². The molecule has 1 saturated heterocycles. The zero-order chi connectivity index (χ0) is 11.3. The molecular weight excluding hydrogens is 194 g/mol. The van der Waals surface area contributed by atoms with Gasteiger partial charge in [0.15, 0.2) is 0 Å². The average Bonchev–Trinajstić information content (AvgIpc) is 2.25. The molecule has 1 rings (SSSR count). The molecule has 4 nitrogen and oxygen atoms in total. The summed E-state index contributed by atoms with van der Waals surface area (Å²) in [6.45, 7) is 6.71. The lowest BCUT2D eigenvalue weighted by Crippen LogP contribution is -2.40. The smallest absolute Gasteiger partial charge is 0.302 e.